The van der Waals surface area contributed by atoms with E-state index in [4.69, 9.17) is 9.47 Å². The standard InChI is InChI=1S/C23H20N2O4S/c1-14-24-21-20(19(13-30-21)16-8-10-18(28-2)11-9-16)22(26)25(14)12-15-4-6-17(7-5-15)23(27)29-3/h4-11,13H,12H2,1-3H3. The van der Waals surface area contributed by atoms with Crippen molar-refractivity contribution in [3.63, 3.8) is 0 Å². The number of carbonyl (C=O) groups is 1. The highest BCUT2D eigenvalue weighted by atomic mass is 32.1. The number of esters is 1. The zero-order chi connectivity index (χ0) is 21.3. The largest absolute Gasteiger partial charge is 0.497 e. The summed E-state index contributed by atoms with van der Waals surface area (Å²) in [5.74, 6) is 1.02. The van der Waals surface area contributed by atoms with Crippen LogP contribution in [0.25, 0.3) is 21.3 Å². The summed E-state index contributed by atoms with van der Waals surface area (Å²) in [5.41, 5.74) is 3.10. The number of fused-ring (bicyclic) bond motifs is 1. The van der Waals surface area contributed by atoms with Crippen molar-refractivity contribution in [2.45, 2.75) is 13.5 Å². The molecule has 30 heavy (non-hydrogen) atoms. The Balaban J connectivity index is 1.75. The molecule has 6 nitrogen and oxygen atoms in total. The molecule has 0 N–H and O–H groups in total. The molecule has 4 rings (SSSR count). The van der Waals surface area contributed by atoms with Gasteiger partial charge >= 0.3 is 5.97 Å². The lowest BCUT2D eigenvalue weighted by Crippen LogP contribution is -2.24. The topological polar surface area (TPSA) is 70.4 Å². The molecule has 0 saturated carbocycles. The molecule has 4 aromatic rings. The van der Waals surface area contributed by atoms with E-state index >= 15 is 0 Å². The Morgan fingerprint density at radius 1 is 1.07 bits per heavy atom. The maximum Gasteiger partial charge on any atom is 0.337 e. The first-order valence-electron chi connectivity index (χ1n) is 9.32. The van der Waals surface area contributed by atoms with Crippen LogP contribution in [0.3, 0.4) is 0 Å². The molecule has 2 aromatic heterocycles. The summed E-state index contributed by atoms with van der Waals surface area (Å²) >= 11 is 1.46. The van der Waals surface area contributed by atoms with E-state index in [9.17, 15) is 9.59 Å². The molecule has 0 aliphatic carbocycles. The highest BCUT2D eigenvalue weighted by Gasteiger charge is 2.16. The van der Waals surface area contributed by atoms with Crippen LogP contribution in [-0.2, 0) is 11.3 Å². The molecule has 2 aromatic carbocycles. The van der Waals surface area contributed by atoms with Crippen molar-refractivity contribution in [2.75, 3.05) is 14.2 Å². The van der Waals surface area contributed by atoms with Crippen molar-refractivity contribution in [2.24, 2.45) is 0 Å². The molecule has 0 spiro atoms. The lowest BCUT2D eigenvalue weighted by molar-refractivity contribution is 0.0600. The van der Waals surface area contributed by atoms with Crippen LogP contribution >= 0.6 is 11.3 Å². The second-order valence-electron chi connectivity index (χ2n) is 6.80. The van der Waals surface area contributed by atoms with Gasteiger partial charge in [0.25, 0.3) is 5.56 Å². The minimum absolute atomic E-state index is 0.0818. The average Bonchev–Trinajstić information content (AvgIpc) is 3.20. The number of hydrogen-bond donors (Lipinski definition) is 0. The van der Waals surface area contributed by atoms with Crippen molar-refractivity contribution in [3.05, 3.63) is 81.2 Å². The van der Waals surface area contributed by atoms with Gasteiger partial charge in [0.2, 0.25) is 0 Å². The molecule has 0 bridgehead atoms. The van der Waals surface area contributed by atoms with Crippen molar-refractivity contribution in [1.29, 1.82) is 0 Å². The summed E-state index contributed by atoms with van der Waals surface area (Å²) in [4.78, 5) is 30.4. The van der Waals surface area contributed by atoms with Gasteiger partial charge in [-0.25, -0.2) is 9.78 Å². The van der Waals surface area contributed by atoms with Crippen LogP contribution < -0.4 is 10.3 Å². The Morgan fingerprint density at radius 2 is 1.77 bits per heavy atom. The highest BCUT2D eigenvalue weighted by molar-refractivity contribution is 7.17. The number of ether oxygens (including phenoxy) is 2. The van der Waals surface area contributed by atoms with E-state index in [-0.39, 0.29) is 11.5 Å². The van der Waals surface area contributed by atoms with E-state index in [0.29, 0.717) is 23.3 Å². The summed E-state index contributed by atoms with van der Waals surface area (Å²) in [6.07, 6.45) is 0. The van der Waals surface area contributed by atoms with Gasteiger partial charge in [-0.3, -0.25) is 9.36 Å². The lowest BCUT2D eigenvalue weighted by atomic mass is 10.1. The summed E-state index contributed by atoms with van der Waals surface area (Å²) in [7, 11) is 2.97. The molecule has 2 heterocycles. The normalized spacial score (nSPS) is 10.9. The number of carbonyl (C=O) groups excluding carboxylic acids is 1. The van der Waals surface area contributed by atoms with E-state index in [0.717, 1.165) is 27.3 Å². The van der Waals surface area contributed by atoms with E-state index in [1.54, 1.807) is 23.8 Å². The van der Waals surface area contributed by atoms with Gasteiger partial charge in [-0.05, 0) is 42.3 Å². The van der Waals surface area contributed by atoms with Gasteiger partial charge in [0.1, 0.15) is 16.4 Å². The first kappa shape index (κ1) is 19.8. The number of thiophene rings is 1. The molecule has 0 amide bonds. The number of rotatable bonds is 5. The molecule has 0 saturated heterocycles. The maximum atomic E-state index is 13.4. The van der Waals surface area contributed by atoms with Crippen LogP contribution in [0.15, 0.2) is 58.7 Å². The second kappa shape index (κ2) is 8.12. The first-order valence-corrected chi connectivity index (χ1v) is 10.2. The Labute approximate surface area is 177 Å². The molecule has 7 heteroatoms. The fraction of sp³-hybridized carbons (Fsp3) is 0.174. The molecular weight excluding hydrogens is 400 g/mol. The van der Waals surface area contributed by atoms with Crippen LogP contribution in [0.1, 0.15) is 21.7 Å². The van der Waals surface area contributed by atoms with Gasteiger partial charge in [-0.1, -0.05) is 24.3 Å². The van der Waals surface area contributed by atoms with Crippen LogP contribution in [0, 0.1) is 6.92 Å². The van der Waals surface area contributed by atoms with Crippen LogP contribution in [0.4, 0.5) is 0 Å². The summed E-state index contributed by atoms with van der Waals surface area (Å²) in [6, 6.07) is 14.7. The number of benzene rings is 2. The number of hydrogen-bond acceptors (Lipinski definition) is 6. The monoisotopic (exact) mass is 420 g/mol. The SMILES string of the molecule is COC(=O)c1ccc(Cn2c(C)nc3scc(-c4ccc(OC)cc4)c3c2=O)cc1. The number of aryl methyl sites for hydroxylation is 1. The second-order valence-corrected chi connectivity index (χ2v) is 7.65. The van der Waals surface area contributed by atoms with E-state index < -0.39 is 0 Å². The quantitative estimate of drug-likeness (QED) is 0.451. The third-order valence-corrected chi connectivity index (χ3v) is 5.87. The van der Waals surface area contributed by atoms with Gasteiger partial charge in [0.05, 0.1) is 31.7 Å². The van der Waals surface area contributed by atoms with Gasteiger partial charge in [-0.15, -0.1) is 11.3 Å². The van der Waals surface area contributed by atoms with Crippen LogP contribution in [-0.4, -0.2) is 29.7 Å². The zero-order valence-corrected chi connectivity index (χ0v) is 17.7. The van der Waals surface area contributed by atoms with Crippen molar-refractivity contribution in [3.8, 4) is 16.9 Å². The number of nitrogens with zero attached hydrogens (tertiary/aromatic N) is 2. The van der Waals surface area contributed by atoms with Crippen molar-refractivity contribution >= 4 is 27.5 Å². The van der Waals surface area contributed by atoms with Gasteiger partial charge in [0.15, 0.2) is 0 Å². The van der Waals surface area contributed by atoms with Crippen LogP contribution in [0.5, 0.6) is 5.75 Å². The van der Waals surface area contributed by atoms with Crippen molar-refractivity contribution < 1.29 is 14.3 Å². The lowest BCUT2D eigenvalue weighted by Gasteiger charge is -2.11. The molecule has 0 radical (unpaired) electrons. The molecule has 0 aliphatic rings. The predicted octanol–water partition coefficient (Wildman–Crippen LogP) is 4.28. The molecule has 152 valence electrons. The first-order chi connectivity index (χ1) is 14.5. The molecule has 0 unspecified atom stereocenters. The Hall–Kier alpha value is -3.45. The maximum absolute atomic E-state index is 13.4. The third-order valence-electron chi connectivity index (χ3n) is 5.00. The van der Waals surface area contributed by atoms with E-state index in [2.05, 4.69) is 4.98 Å². The molecule has 0 atom stereocenters. The number of methoxy groups -OCH3 is 2. The van der Waals surface area contributed by atoms with Crippen LogP contribution in [0.2, 0.25) is 0 Å². The smallest absolute Gasteiger partial charge is 0.337 e. The minimum atomic E-state index is -0.389. The summed E-state index contributed by atoms with van der Waals surface area (Å²) in [6.45, 7) is 2.20. The Kier molecular flexibility index (Phi) is 5.37. The average molecular weight is 420 g/mol. The summed E-state index contributed by atoms with van der Waals surface area (Å²) < 4.78 is 11.6. The van der Waals surface area contributed by atoms with E-state index in [1.807, 2.05) is 48.7 Å². The molecular formula is C23H20N2O4S. The Bertz CT molecular complexity index is 1270. The number of aromatic nitrogens is 2. The van der Waals surface area contributed by atoms with Crippen molar-refractivity contribution in [1.82, 2.24) is 9.55 Å². The third kappa shape index (κ3) is 3.59. The van der Waals surface area contributed by atoms with E-state index in [1.165, 1.54) is 18.4 Å². The van der Waals surface area contributed by atoms with Gasteiger partial charge in [-0.2, -0.15) is 0 Å². The minimum Gasteiger partial charge on any atom is -0.497 e. The highest BCUT2D eigenvalue weighted by Crippen LogP contribution is 2.32. The molecule has 0 fully saturated rings. The van der Waals surface area contributed by atoms with Gasteiger partial charge in [0, 0.05) is 10.9 Å². The Morgan fingerprint density at radius 3 is 2.40 bits per heavy atom. The fourth-order valence-corrected chi connectivity index (χ4v) is 4.33. The van der Waals surface area contributed by atoms with Gasteiger partial charge < -0.3 is 9.47 Å². The zero-order valence-electron chi connectivity index (χ0n) is 16.8. The fourth-order valence-electron chi connectivity index (χ4n) is 3.34. The molecule has 0 aliphatic heterocycles. The summed E-state index contributed by atoms with van der Waals surface area (Å²) in [5, 5.41) is 2.58. The predicted molar refractivity (Wildman–Crippen MR) is 117 cm³/mol.